The van der Waals surface area contributed by atoms with E-state index in [9.17, 15) is 38.4 Å². The van der Waals surface area contributed by atoms with Crippen molar-refractivity contribution in [2.24, 2.45) is 11.8 Å². The van der Waals surface area contributed by atoms with E-state index in [1.165, 1.54) is 0 Å². The lowest BCUT2D eigenvalue weighted by Crippen LogP contribution is -2.59. The number of carbonyl (C=O) groups is 8. The number of likely N-dealkylation sites (tertiary alicyclic amines) is 2. The van der Waals surface area contributed by atoms with Crippen LogP contribution in [0.5, 0.6) is 0 Å². The van der Waals surface area contributed by atoms with Gasteiger partial charge in [0, 0.05) is 38.0 Å². The summed E-state index contributed by atoms with van der Waals surface area (Å²) in [5.74, 6) is -3.84. The Morgan fingerprint density at radius 3 is 1.02 bits per heavy atom. The average molecular weight is 1210 g/mol. The zero-order chi connectivity index (χ0) is 62.4. The van der Waals surface area contributed by atoms with Crippen molar-refractivity contribution in [3.8, 4) is 0 Å². The van der Waals surface area contributed by atoms with Crippen LogP contribution in [0.2, 0.25) is 0 Å². The second kappa shape index (κ2) is 33.8. The second-order valence-corrected chi connectivity index (χ2v) is 24.7. The highest BCUT2D eigenvalue weighted by molar-refractivity contribution is 5.97. The number of rotatable bonds is 29. The van der Waals surface area contributed by atoms with Gasteiger partial charge in [-0.2, -0.15) is 0 Å². The van der Waals surface area contributed by atoms with Gasteiger partial charge in [-0.05, 0) is 126 Å². The molecule has 0 spiro atoms. The highest BCUT2D eigenvalue weighted by Crippen LogP contribution is 2.34. The monoisotopic (exact) mass is 1200 g/mol. The Bertz CT molecular complexity index is 2620. The van der Waals surface area contributed by atoms with E-state index < -0.39 is 72.0 Å². The summed E-state index contributed by atoms with van der Waals surface area (Å²) >= 11 is 0. The molecule has 0 unspecified atom stereocenters. The number of carbonyl (C=O) groups excluding carboxylic acids is 8. The minimum Gasteiger partial charge on any atom is -0.354 e. The molecule has 8 rings (SSSR count). The maximum atomic E-state index is 14.8. The third-order valence-corrected chi connectivity index (χ3v) is 18.9. The van der Waals surface area contributed by atoms with Crippen LogP contribution >= 0.6 is 0 Å². The molecule has 2 aliphatic carbocycles. The Morgan fingerprint density at radius 1 is 0.398 bits per heavy atom. The highest BCUT2D eigenvalue weighted by atomic mass is 16.2. The predicted molar refractivity (Wildman–Crippen MR) is 341 cm³/mol. The summed E-state index contributed by atoms with van der Waals surface area (Å²) in [7, 11) is 3.41. The lowest BCUT2D eigenvalue weighted by atomic mass is 9.83. The number of unbranched alkanes of at least 4 members (excludes halogenated alkanes) is 3. The molecule has 4 aromatic rings. The number of hydrogen-bond acceptors (Lipinski definition) is 10. The van der Waals surface area contributed by atoms with Gasteiger partial charge < -0.3 is 52.3 Å². The topological polar surface area (TPSA) is 239 Å². The van der Waals surface area contributed by atoms with E-state index in [1.54, 1.807) is 37.7 Å². The summed E-state index contributed by atoms with van der Waals surface area (Å²) in [6.45, 7) is 4.88. The number of amides is 8. The van der Waals surface area contributed by atoms with E-state index in [0.29, 0.717) is 64.7 Å². The second-order valence-electron chi connectivity index (χ2n) is 24.7. The molecule has 2 saturated carbocycles. The van der Waals surface area contributed by atoms with Crippen LogP contribution < -0.4 is 42.5 Å². The van der Waals surface area contributed by atoms with Crippen molar-refractivity contribution in [2.45, 2.75) is 190 Å². The van der Waals surface area contributed by atoms with E-state index in [1.807, 2.05) is 121 Å². The molecule has 2 saturated heterocycles. The quantitative estimate of drug-likeness (QED) is 0.0267. The first-order chi connectivity index (χ1) is 42.8. The summed E-state index contributed by atoms with van der Waals surface area (Å²) < 4.78 is 0. The molecule has 2 aliphatic heterocycles. The Balaban J connectivity index is 0.921. The minimum absolute atomic E-state index is 0.0457. The van der Waals surface area contributed by atoms with Crippen LogP contribution in [0.1, 0.15) is 164 Å². The smallest absolute Gasteiger partial charge is 0.246 e. The standard InChI is InChI=1S/C70H96N10O8/c1-47(71-3)63(81)75-59(53-37-21-11-22-38-53)69(87)79-45-27-41-55(79)65(83)77-61(57(49-29-13-7-14-30-49)50-31-15-8-16-32-50)67(85)73-43-25-5-6-26-44-74-68(86)62(58(51-33-17-9-18-34-51)52-35-19-10-20-36-52)78-66(84)56-42-28-46-80(56)70(88)60(54-39-23-12-24-40-54)76-64(82)48(2)72-4/h7-10,13-20,29-36,47-48,53-62,71-72H,5-6,11-12,21-28,37-46H2,1-4H3,(H,73,85)(H,74,86)(H,75,81)(H,76,82)(H,77,83)(H,78,84)/t47-,48+,55-,56-,59-,60-,61-,62-/m0/s1. The molecule has 8 amide bonds. The Hall–Kier alpha value is -7.44. The predicted octanol–water partition coefficient (Wildman–Crippen LogP) is 6.74. The Labute approximate surface area is 521 Å². The summed E-state index contributed by atoms with van der Waals surface area (Å²) in [4.78, 5) is 118. The van der Waals surface area contributed by atoms with Gasteiger partial charge in [-0.25, -0.2) is 0 Å². The van der Waals surface area contributed by atoms with Crippen LogP contribution in [0.15, 0.2) is 121 Å². The molecule has 8 N–H and O–H groups in total. The number of hydrogen-bond donors (Lipinski definition) is 8. The molecule has 0 bridgehead atoms. The lowest BCUT2D eigenvalue weighted by Gasteiger charge is -2.36. The first-order valence-corrected chi connectivity index (χ1v) is 32.7. The van der Waals surface area contributed by atoms with E-state index >= 15 is 0 Å². The largest absolute Gasteiger partial charge is 0.354 e. The molecule has 4 fully saturated rings. The summed E-state index contributed by atoms with van der Waals surface area (Å²) in [5, 5.41) is 24.7. The van der Waals surface area contributed by atoms with Crippen molar-refractivity contribution in [1.29, 1.82) is 0 Å². The van der Waals surface area contributed by atoms with E-state index in [2.05, 4.69) is 42.5 Å². The fourth-order valence-corrected chi connectivity index (χ4v) is 13.6. The van der Waals surface area contributed by atoms with E-state index in [-0.39, 0.29) is 47.3 Å². The average Bonchev–Trinajstić information content (AvgIpc) is 4.40. The van der Waals surface area contributed by atoms with Crippen molar-refractivity contribution in [2.75, 3.05) is 40.3 Å². The van der Waals surface area contributed by atoms with Crippen molar-refractivity contribution >= 4 is 47.3 Å². The van der Waals surface area contributed by atoms with Crippen LogP contribution in [-0.2, 0) is 38.4 Å². The molecular weight excluding hydrogens is 1110 g/mol. The number of nitrogens with one attached hydrogen (secondary N) is 8. The van der Waals surface area contributed by atoms with Crippen LogP contribution in [0, 0.1) is 11.8 Å². The zero-order valence-electron chi connectivity index (χ0n) is 52.2. The number of likely N-dealkylation sites (N-methyl/N-ethyl adjacent to an activating group) is 2. The molecule has 0 radical (unpaired) electrons. The van der Waals surface area contributed by atoms with Crippen molar-refractivity contribution in [3.05, 3.63) is 144 Å². The van der Waals surface area contributed by atoms with Gasteiger partial charge in [0.25, 0.3) is 0 Å². The number of nitrogens with zero attached hydrogens (tertiary/aromatic N) is 2. The van der Waals surface area contributed by atoms with Crippen LogP contribution in [-0.4, -0.2) is 146 Å². The fourth-order valence-electron chi connectivity index (χ4n) is 13.6. The van der Waals surface area contributed by atoms with Gasteiger partial charge >= 0.3 is 0 Å². The SMILES string of the molecule is CN[C@@H](C)C(=O)N[C@H](C(=O)N1CCC[C@H]1C(=O)N[C@H](C(=O)NCCCCCCNC(=O)[C@@H](NC(=O)[C@@H]1CCCN1C(=O)[C@@H](NC(=O)[C@@H](C)NC)C1CCCCC1)C(c1ccccc1)c1ccccc1)C(c1ccccc1)c1ccccc1)C1CCCCC1. The Kier molecular flexibility index (Phi) is 25.5. The molecule has 88 heavy (non-hydrogen) atoms. The Morgan fingerprint density at radius 2 is 0.716 bits per heavy atom. The maximum Gasteiger partial charge on any atom is 0.246 e. The van der Waals surface area contributed by atoms with Gasteiger partial charge in [0.1, 0.15) is 36.3 Å². The van der Waals surface area contributed by atoms with Gasteiger partial charge in [0.2, 0.25) is 47.3 Å². The van der Waals surface area contributed by atoms with Gasteiger partial charge in [-0.3, -0.25) is 38.4 Å². The molecule has 474 valence electrons. The molecule has 4 aliphatic rings. The van der Waals surface area contributed by atoms with Crippen molar-refractivity contribution in [1.82, 2.24) is 52.3 Å². The summed E-state index contributed by atoms with van der Waals surface area (Å²) in [6.07, 6.45) is 14.0. The van der Waals surface area contributed by atoms with Gasteiger partial charge in [0.15, 0.2) is 0 Å². The number of benzene rings is 4. The molecule has 2 heterocycles. The van der Waals surface area contributed by atoms with Gasteiger partial charge in [-0.1, -0.05) is 173 Å². The molecule has 0 aromatic heterocycles. The lowest BCUT2D eigenvalue weighted by molar-refractivity contribution is -0.143. The first kappa shape index (κ1) is 66.5. The van der Waals surface area contributed by atoms with Crippen LogP contribution in [0.25, 0.3) is 0 Å². The third-order valence-electron chi connectivity index (χ3n) is 18.9. The van der Waals surface area contributed by atoms with Gasteiger partial charge in [0.05, 0.1) is 12.1 Å². The molecular formula is C70H96N10O8. The molecule has 18 heteroatoms. The maximum absolute atomic E-state index is 14.8. The summed E-state index contributed by atoms with van der Waals surface area (Å²) in [6, 6.07) is 32.3. The molecule has 18 nitrogen and oxygen atoms in total. The fraction of sp³-hybridized carbons (Fsp3) is 0.543. The van der Waals surface area contributed by atoms with Gasteiger partial charge in [-0.15, -0.1) is 0 Å². The van der Waals surface area contributed by atoms with Crippen molar-refractivity contribution < 1.29 is 38.4 Å². The van der Waals surface area contributed by atoms with Crippen molar-refractivity contribution in [3.63, 3.8) is 0 Å². The molecule has 4 aromatic carbocycles. The van der Waals surface area contributed by atoms with E-state index in [0.717, 1.165) is 99.3 Å². The third kappa shape index (κ3) is 17.7. The molecule has 8 atom stereocenters. The highest BCUT2D eigenvalue weighted by Gasteiger charge is 2.45. The van der Waals surface area contributed by atoms with Crippen LogP contribution in [0.4, 0.5) is 0 Å². The zero-order valence-corrected chi connectivity index (χ0v) is 52.2. The van der Waals surface area contributed by atoms with Crippen LogP contribution in [0.3, 0.4) is 0 Å². The normalized spacial score (nSPS) is 19.4. The summed E-state index contributed by atoms with van der Waals surface area (Å²) in [5.41, 5.74) is 3.36. The minimum atomic E-state index is -1.05. The first-order valence-electron chi connectivity index (χ1n) is 32.7. The van der Waals surface area contributed by atoms with E-state index in [4.69, 9.17) is 0 Å².